The molecule has 2 aromatic rings. The largest absolute Gasteiger partial charge is 0.493 e. The number of hydrogen-bond donors (Lipinski definition) is 2. The molecule has 1 heterocycles. The van der Waals surface area contributed by atoms with E-state index in [9.17, 15) is 5.11 Å². The molecule has 0 amide bonds. The highest BCUT2D eigenvalue weighted by molar-refractivity contribution is 5.83. The Kier molecular flexibility index (Phi) is 5.00. The SMILES string of the molecule is COCC(O)CNC(C)c1cc2cccc(OC)c2o1. The Labute approximate surface area is 118 Å². The first-order chi connectivity index (χ1) is 9.65. The number of aliphatic hydroxyl groups excluding tert-OH is 1. The van der Waals surface area contributed by atoms with E-state index >= 15 is 0 Å². The van der Waals surface area contributed by atoms with E-state index in [4.69, 9.17) is 13.9 Å². The van der Waals surface area contributed by atoms with Gasteiger partial charge in [0.2, 0.25) is 0 Å². The highest BCUT2D eigenvalue weighted by atomic mass is 16.5. The lowest BCUT2D eigenvalue weighted by Gasteiger charge is -2.14. The number of benzene rings is 1. The van der Waals surface area contributed by atoms with Crippen LogP contribution in [-0.2, 0) is 4.74 Å². The molecule has 0 saturated heterocycles. The van der Waals surface area contributed by atoms with Crippen molar-refractivity contribution in [2.24, 2.45) is 0 Å². The van der Waals surface area contributed by atoms with Crippen LogP contribution in [0.5, 0.6) is 5.75 Å². The van der Waals surface area contributed by atoms with Crippen LogP contribution in [0.4, 0.5) is 0 Å². The number of para-hydroxylation sites is 1. The molecule has 5 heteroatoms. The van der Waals surface area contributed by atoms with E-state index in [0.29, 0.717) is 13.2 Å². The summed E-state index contributed by atoms with van der Waals surface area (Å²) in [4.78, 5) is 0. The van der Waals surface area contributed by atoms with Gasteiger partial charge in [0.25, 0.3) is 0 Å². The van der Waals surface area contributed by atoms with Crippen molar-refractivity contribution < 1.29 is 19.0 Å². The maximum atomic E-state index is 9.63. The number of aliphatic hydroxyl groups is 1. The van der Waals surface area contributed by atoms with Gasteiger partial charge >= 0.3 is 0 Å². The summed E-state index contributed by atoms with van der Waals surface area (Å²) in [6, 6.07) is 7.77. The molecule has 0 aliphatic heterocycles. The van der Waals surface area contributed by atoms with Crippen LogP contribution in [0.1, 0.15) is 18.7 Å². The second-order valence-corrected chi connectivity index (χ2v) is 4.77. The highest BCUT2D eigenvalue weighted by Crippen LogP contribution is 2.30. The van der Waals surface area contributed by atoms with E-state index in [-0.39, 0.29) is 6.04 Å². The van der Waals surface area contributed by atoms with E-state index in [0.717, 1.165) is 22.5 Å². The van der Waals surface area contributed by atoms with Gasteiger partial charge in [-0.15, -0.1) is 0 Å². The van der Waals surface area contributed by atoms with Crippen LogP contribution in [0, 0.1) is 0 Å². The minimum absolute atomic E-state index is 0.00128. The molecule has 2 unspecified atom stereocenters. The Bertz CT molecular complexity index is 552. The minimum atomic E-state index is -0.527. The maximum absolute atomic E-state index is 9.63. The van der Waals surface area contributed by atoms with Crippen molar-refractivity contribution in [3.8, 4) is 5.75 Å². The Morgan fingerprint density at radius 1 is 1.35 bits per heavy atom. The predicted octanol–water partition coefficient (Wildman–Crippen LogP) is 2.10. The standard InChI is InChI=1S/C15H21NO4/c1-10(16-8-12(17)9-18-2)14-7-11-5-4-6-13(19-3)15(11)20-14/h4-7,10,12,16-17H,8-9H2,1-3H3. The number of methoxy groups -OCH3 is 2. The van der Waals surface area contributed by atoms with Crippen molar-refractivity contribution in [3.63, 3.8) is 0 Å². The Morgan fingerprint density at radius 3 is 2.85 bits per heavy atom. The minimum Gasteiger partial charge on any atom is -0.493 e. The fraction of sp³-hybridized carbons (Fsp3) is 0.467. The molecule has 110 valence electrons. The van der Waals surface area contributed by atoms with E-state index in [1.54, 1.807) is 14.2 Å². The molecule has 0 bridgehead atoms. The van der Waals surface area contributed by atoms with Gasteiger partial charge in [-0.1, -0.05) is 12.1 Å². The second kappa shape index (κ2) is 6.74. The van der Waals surface area contributed by atoms with E-state index < -0.39 is 6.10 Å². The molecule has 5 nitrogen and oxygen atoms in total. The zero-order valence-corrected chi connectivity index (χ0v) is 12.1. The topological polar surface area (TPSA) is 63.9 Å². The zero-order valence-electron chi connectivity index (χ0n) is 12.1. The Hall–Kier alpha value is -1.56. The zero-order chi connectivity index (χ0) is 14.5. The van der Waals surface area contributed by atoms with Gasteiger partial charge in [0.15, 0.2) is 11.3 Å². The molecule has 0 aliphatic carbocycles. The first kappa shape index (κ1) is 14.8. The number of furan rings is 1. The number of fused-ring (bicyclic) bond motifs is 1. The molecule has 0 fully saturated rings. The first-order valence-corrected chi connectivity index (χ1v) is 6.62. The van der Waals surface area contributed by atoms with Crippen LogP contribution in [0.3, 0.4) is 0 Å². The van der Waals surface area contributed by atoms with E-state index in [1.165, 1.54) is 0 Å². The van der Waals surface area contributed by atoms with Crippen molar-refractivity contribution in [3.05, 3.63) is 30.0 Å². The van der Waals surface area contributed by atoms with Gasteiger partial charge in [-0.2, -0.15) is 0 Å². The van der Waals surface area contributed by atoms with Gasteiger partial charge in [-0.05, 0) is 19.1 Å². The summed E-state index contributed by atoms with van der Waals surface area (Å²) in [6.45, 7) is 2.75. The average molecular weight is 279 g/mol. The molecule has 0 saturated carbocycles. The summed E-state index contributed by atoms with van der Waals surface area (Å²) >= 11 is 0. The number of rotatable bonds is 7. The lowest BCUT2D eigenvalue weighted by Crippen LogP contribution is -2.31. The third-order valence-corrected chi connectivity index (χ3v) is 3.19. The van der Waals surface area contributed by atoms with Crippen LogP contribution in [-0.4, -0.2) is 38.6 Å². The van der Waals surface area contributed by atoms with Crippen molar-refractivity contribution in [2.75, 3.05) is 27.4 Å². The molecule has 1 aromatic carbocycles. The van der Waals surface area contributed by atoms with Crippen LogP contribution in [0.25, 0.3) is 11.0 Å². The van der Waals surface area contributed by atoms with Gasteiger partial charge in [-0.3, -0.25) is 0 Å². The van der Waals surface area contributed by atoms with Gasteiger partial charge < -0.3 is 24.3 Å². The summed E-state index contributed by atoms with van der Waals surface area (Å²) < 4.78 is 16.0. The van der Waals surface area contributed by atoms with Crippen LogP contribution in [0.2, 0.25) is 0 Å². The first-order valence-electron chi connectivity index (χ1n) is 6.62. The predicted molar refractivity (Wildman–Crippen MR) is 77.1 cm³/mol. The fourth-order valence-electron chi connectivity index (χ4n) is 2.10. The Balaban J connectivity index is 2.08. The number of hydrogen-bond acceptors (Lipinski definition) is 5. The lowest BCUT2D eigenvalue weighted by atomic mass is 10.2. The monoisotopic (exact) mass is 279 g/mol. The lowest BCUT2D eigenvalue weighted by molar-refractivity contribution is 0.0626. The summed E-state index contributed by atoms with van der Waals surface area (Å²) in [7, 11) is 3.19. The average Bonchev–Trinajstić information content (AvgIpc) is 2.89. The normalized spacial score (nSPS) is 14.4. The van der Waals surface area contributed by atoms with Gasteiger partial charge in [0.05, 0.1) is 25.9 Å². The van der Waals surface area contributed by atoms with Crippen molar-refractivity contribution in [1.82, 2.24) is 5.32 Å². The molecule has 0 aliphatic rings. The molecular formula is C15H21NO4. The number of ether oxygens (including phenoxy) is 2. The van der Waals surface area contributed by atoms with Crippen LogP contribution in [0.15, 0.2) is 28.7 Å². The molecule has 2 N–H and O–H groups in total. The maximum Gasteiger partial charge on any atom is 0.176 e. The highest BCUT2D eigenvalue weighted by Gasteiger charge is 2.14. The number of nitrogens with one attached hydrogen (secondary N) is 1. The summed E-state index contributed by atoms with van der Waals surface area (Å²) in [5.41, 5.74) is 0.746. The fourth-order valence-corrected chi connectivity index (χ4v) is 2.10. The molecule has 0 radical (unpaired) electrons. The Morgan fingerprint density at radius 2 is 2.15 bits per heavy atom. The smallest absolute Gasteiger partial charge is 0.176 e. The van der Waals surface area contributed by atoms with Crippen molar-refractivity contribution in [1.29, 1.82) is 0 Å². The van der Waals surface area contributed by atoms with E-state index in [1.807, 2.05) is 31.2 Å². The van der Waals surface area contributed by atoms with E-state index in [2.05, 4.69) is 5.32 Å². The van der Waals surface area contributed by atoms with Gasteiger partial charge in [-0.25, -0.2) is 0 Å². The molecule has 2 rings (SSSR count). The second-order valence-electron chi connectivity index (χ2n) is 4.77. The third kappa shape index (κ3) is 3.30. The third-order valence-electron chi connectivity index (χ3n) is 3.19. The van der Waals surface area contributed by atoms with Crippen molar-refractivity contribution in [2.45, 2.75) is 19.1 Å². The molecule has 2 atom stereocenters. The van der Waals surface area contributed by atoms with Crippen LogP contribution >= 0.6 is 0 Å². The molecule has 1 aromatic heterocycles. The van der Waals surface area contributed by atoms with Crippen LogP contribution < -0.4 is 10.1 Å². The molecule has 0 spiro atoms. The van der Waals surface area contributed by atoms with Crippen molar-refractivity contribution >= 4 is 11.0 Å². The molecular weight excluding hydrogens is 258 g/mol. The summed E-state index contributed by atoms with van der Waals surface area (Å²) in [6.07, 6.45) is -0.527. The quantitative estimate of drug-likeness (QED) is 0.812. The summed E-state index contributed by atoms with van der Waals surface area (Å²) in [5.74, 6) is 1.54. The van der Waals surface area contributed by atoms with Gasteiger partial charge in [0, 0.05) is 19.0 Å². The van der Waals surface area contributed by atoms with Gasteiger partial charge in [0.1, 0.15) is 5.76 Å². The molecule has 20 heavy (non-hydrogen) atoms. The summed E-state index contributed by atoms with van der Waals surface area (Å²) in [5, 5.41) is 13.9.